The van der Waals surface area contributed by atoms with Crippen molar-refractivity contribution in [2.45, 2.75) is 39.8 Å². The summed E-state index contributed by atoms with van der Waals surface area (Å²) in [6, 6.07) is 8.12. The predicted octanol–water partition coefficient (Wildman–Crippen LogP) is 2.52. The van der Waals surface area contributed by atoms with Crippen LogP contribution in [0.5, 0.6) is 5.75 Å². The fourth-order valence-electron chi connectivity index (χ4n) is 3.84. The zero-order chi connectivity index (χ0) is 23.9. The van der Waals surface area contributed by atoms with Crippen LogP contribution in [0.25, 0.3) is 22.4 Å². The number of aliphatic hydroxyl groups is 1. The molecule has 0 aliphatic carbocycles. The largest absolute Gasteiger partial charge is 0.495 e. The van der Waals surface area contributed by atoms with Gasteiger partial charge in [-0.1, -0.05) is 26.0 Å². The van der Waals surface area contributed by atoms with E-state index in [9.17, 15) is 14.7 Å². The Bertz CT molecular complexity index is 1470. The van der Waals surface area contributed by atoms with Gasteiger partial charge in [-0.25, -0.2) is 14.2 Å². The standard InChI is InChI=1S/C23H24FN5O4/c1-5-27-19(12-30)26-29(23(27)32)21-16(24)10-14-20(25-21)15(13(2)3)11-28(22(14)31)17-8-6-7-9-18(17)33-4/h6-11,13,30H,5,12H2,1-4H3. The number of nitrogens with zero attached hydrogens (tertiary/aromatic N) is 5. The third-order valence-corrected chi connectivity index (χ3v) is 5.51. The topological polar surface area (TPSA) is 104 Å². The summed E-state index contributed by atoms with van der Waals surface area (Å²) in [4.78, 5) is 30.5. The van der Waals surface area contributed by atoms with Gasteiger partial charge in [0.2, 0.25) is 0 Å². The number of methoxy groups -OCH3 is 1. The first-order valence-electron chi connectivity index (χ1n) is 10.5. The molecule has 10 heteroatoms. The Morgan fingerprint density at radius 1 is 1.21 bits per heavy atom. The lowest BCUT2D eigenvalue weighted by Gasteiger charge is -2.16. The summed E-state index contributed by atoms with van der Waals surface area (Å²) in [6.45, 7) is 5.35. The number of pyridine rings is 2. The zero-order valence-electron chi connectivity index (χ0n) is 18.7. The van der Waals surface area contributed by atoms with Crippen LogP contribution in [0.1, 0.15) is 38.1 Å². The average Bonchev–Trinajstić information content (AvgIpc) is 3.14. The van der Waals surface area contributed by atoms with Gasteiger partial charge >= 0.3 is 5.69 Å². The lowest BCUT2D eigenvalue weighted by atomic mass is 10.0. The molecule has 0 saturated heterocycles. The summed E-state index contributed by atoms with van der Waals surface area (Å²) in [5, 5.41) is 13.6. The molecule has 0 radical (unpaired) electrons. The molecule has 0 fully saturated rings. The van der Waals surface area contributed by atoms with E-state index in [0.29, 0.717) is 17.0 Å². The molecule has 3 aromatic heterocycles. The summed E-state index contributed by atoms with van der Waals surface area (Å²) in [5.74, 6) is -0.686. The van der Waals surface area contributed by atoms with Gasteiger partial charge < -0.3 is 9.84 Å². The van der Waals surface area contributed by atoms with Crippen molar-refractivity contribution in [1.82, 2.24) is 23.9 Å². The Balaban J connectivity index is 2.05. The maximum absolute atomic E-state index is 15.2. The first kappa shape index (κ1) is 22.4. The molecule has 0 unspecified atom stereocenters. The Morgan fingerprint density at radius 2 is 1.94 bits per heavy atom. The van der Waals surface area contributed by atoms with Crippen molar-refractivity contribution in [2.75, 3.05) is 7.11 Å². The minimum Gasteiger partial charge on any atom is -0.495 e. The average molecular weight is 453 g/mol. The van der Waals surface area contributed by atoms with Crippen LogP contribution in [0.2, 0.25) is 0 Å². The molecule has 0 aliphatic rings. The second-order valence-corrected chi connectivity index (χ2v) is 7.79. The number of aliphatic hydroxyl groups excluding tert-OH is 1. The molecule has 33 heavy (non-hydrogen) atoms. The highest BCUT2D eigenvalue weighted by Crippen LogP contribution is 2.27. The highest BCUT2D eigenvalue weighted by molar-refractivity contribution is 5.83. The van der Waals surface area contributed by atoms with Crippen LogP contribution in [-0.4, -0.2) is 36.1 Å². The quantitative estimate of drug-likeness (QED) is 0.481. The Hall–Kier alpha value is -3.79. The predicted molar refractivity (Wildman–Crippen MR) is 121 cm³/mol. The summed E-state index contributed by atoms with van der Waals surface area (Å²) >= 11 is 0. The molecule has 0 bridgehead atoms. The van der Waals surface area contributed by atoms with E-state index in [1.54, 1.807) is 37.4 Å². The van der Waals surface area contributed by atoms with Crippen molar-refractivity contribution >= 4 is 10.9 Å². The van der Waals surface area contributed by atoms with Gasteiger partial charge in [0.05, 0.1) is 23.7 Å². The number of rotatable bonds is 6. The minimum atomic E-state index is -0.876. The van der Waals surface area contributed by atoms with Gasteiger partial charge in [-0.2, -0.15) is 4.68 Å². The molecule has 0 atom stereocenters. The van der Waals surface area contributed by atoms with Crippen LogP contribution >= 0.6 is 0 Å². The van der Waals surface area contributed by atoms with Crippen molar-refractivity contribution in [2.24, 2.45) is 0 Å². The van der Waals surface area contributed by atoms with Gasteiger partial charge in [-0.3, -0.25) is 13.9 Å². The van der Waals surface area contributed by atoms with E-state index in [4.69, 9.17) is 4.74 Å². The number of benzene rings is 1. The number of ether oxygens (including phenoxy) is 1. The van der Waals surface area contributed by atoms with Gasteiger partial charge in [0.1, 0.15) is 12.4 Å². The third-order valence-electron chi connectivity index (χ3n) is 5.51. The van der Waals surface area contributed by atoms with Crippen LogP contribution in [-0.2, 0) is 13.2 Å². The number of hydrogen-bond acceptors (Lipinski definition) is 6. The molecule has 1 N–H and O–H groups in total. The molecule has 0 saturated carbocycles. The Labute approximate surface area is 188 Å². The van der Waals surface area contributed by atoms with Gasteiger partial charge in [0.15, 0.2) is 17.5 Å². The monoisotopic (exact) mass is 453 g/mol. The first-order chi connectivity index (χ1) is 15.8. The molecule has 172 valence electrons. The summed E-state index contributed by atoms with van der Waals surface area (Å²) < 4.78 is 24.1. The van der Waals surface area contributed by atoms with E-state index in [-0.39, 0.29) is 35.0 Å². The van der Waals surface area contributed by atoms with Crippen LogP contribution in [0.4, 0.5) is 4.39 Å². The normalized spacial score (nSPS) is 11.5. The summed E-state index contributed by atoms with van der Waals surface area (Å²) in [5.41, 5.74) is 0.382. The van der Waals surface area contributed by atoms with E-state index in [2.05, 4.69) is 10.1 Å². The van der Waals surface area contributed by atoms with Crippen LogP contribution in [0, 0.1) is 5.82 Å². The molecular weight excluding hydrogens is 429 g/mol. The maximum Gasteiger partial charge on any atom is 0.352 e. The number of para-hydroxylation sites is 2. The highest BCUT2D eigenvalue weighted by Gasteiger charge is 2.22. The molecule has 0 aliphatic heterocycles. The van der Waals surface area contributed by atoms with Crippen LogP contribution < -0.4 is 16.0 Å². The van der Waals surface area contributed by atoms with E-state index in [1.807, 2.05) is 13.8 Å². The maximum atomic E-state index is 15.2. The highest BCUT2D eigenvalue weighted by atomic mass is 19.1. The van der Waals surface area contributed by atoms with Crippen molar-refractivity contribution in [1.29, 1.82) is 0 Å². The fourth-order valence-corrected chi connectivity index (χ4v) is 3.84. The number of fused-ring (bicyclic) bond motifs is 1. The van der Waals surface area contributed by atoms with Gasteiger partial charge in [-0.15, -0.1) is 5.10 Å². The fraction of sp³-hybridized carbons (Fsp3) is 0.304. The minimum absolute atomic E-state index is 0.0683. The third kappa shape index (κ3) is 3.62. The van der Waals surface area contributed by atoms with Crippen molar-refractivity contribution in [3.8, 4) is 17.3 Å². The number of halogens is 1. The molecule has 0 amide bonds. The summed E-state index contributed by atoms with van der Waals surface area (Å²) in [7, 11) is 1.51. The van der Waals surface area contributed by atoms with E-state index in [1.165, 1.54) is 16.2 Å². The van der Waals surface area contributed by atoms with E-state index >= 15 is 4.39 Å². The number of aromatic nitrogens is 5. The summed E-state index contributed by atoms with van der Waals surface area (Å²) in [6.07, 6.45) is 1.66. The number of hydrogen-bond donors (Lipinski definition) is 1. The van der Waals surface area contributed by atoms with E-state index in [0.717, 1.165) is 10.7 Å². The second kappa shape index (κ2) is 8.62. The van der Waals surface area contributed by atoms with Gasteiger partial charge in [-0.05, 0) is 36.6 Å². The molecule has 3 heterocycles. The SMILES string of the molecule is CCn1c(CO)nn(-c2nc3c(C(C)C)cn(-c4ccccc4OC)c(=O)c3cc2F)c1=O. The molecule has 0 spiro atoms. The van der Waals surface area contributed by atoms with E-state index < -0.39 is 23.7 Å². The lowest BCUT2D eigenvalue weighted by molar-refractivity contribution is 0.264. The van der Waals surface area contributed by atoms with Gasteiger partial charge in [0.25, 0.3) is 5.56 Å². The lowest BCUT2D eigenvalue weighted by Crippen LogP contribution is -2.26. The first-order valence-corrected chi connectivity index (χ1v) is 10.5. The smallest absolute Gasteiger partial charge is 0.352 e. The van der Waals surface area contributed by atoms with Crippen molar-refractivity contribution in [3.05, 3.63) is 74.6 Å². The Kier molecular flexibility index (Phi) is 5.86. The molecule has 1 aromatic carbocycles. The zero-order valence-corrected chi connectivity index (χ0v) is 18.7. The molecular formula is C23H24FN5O4. The Morgan fingerprint density at radius 3 is 2.55 bits per heavy atom. The molecule has 4 aromatic rings. The van der Waals surface area contributed by atoms with Gasteiger partial charge in [0, 0.05) is 12.7 Å². The van der Waals surface area contributed by atoms with Crippen molar-refractivity contribution in [3.63, 3.8) is 0 Å². The molecule has 9 nitrogen and oxygen atoms in total. The van der Waals surface area contributed by atoms with Crippen LogP contribution in [0.15, 0.2) is 46.1 Å². The van der Waals surface area contributed by atoms with Crippen molar-refractivity contribution < 1.29 is 14.2 Å². The van der Waals surface area contributed by atoms with Crippen LogP contribution in [0.3, 0.4) is 0 Å². The second-order valence-electron chi connectivity index (χ2n) is 7.79. The molecule has 4 rings (SSSR count).